The van der Waals surface area contributed by atoms with Crippen LogP contribution in [-0.2, 0) is 6.54 Å². The van der Waals surface area contributed by atoms with Gasteiger partial charge in [-0.05, 0) is 34.5 Å². The second kappa shape index (κ2) is 5.87. The van der Waals surface area contributed by atoms with Gasteiger partial charge in [0, 0.05) is 12.2 Å². The summed E-state index contributed by atoms with van der Waals surface area (Å²) in [4.78, 5) is 12.5. The Bertz CT molecular complexity index is 826. The molecule has 0 aromatic heterocycles. The number of nitrogens with one attached hydrogen (secondary N) is 1. The summed E-state index contributed by atoms with van der Waals surface area (Å²) in [6.07, 6.45) is 0. The third kappa shape index (κ3) is 2.64. The topological polar surface area (TPSA) is 75.3 Å². The van der Waals surface area contributed by atoms with Gasteiger partial charge in [0.15, 0.2) is 0 Å². The molecule has 0 heterocycles. The van der Waals surface area contributed by atoms with E-state index in [0.29, 0.717) is 12.2 Å². The van der Waals surface area contributed by atoms with Crippen molar-refractivity contribution < 1.29 is 9.90 Å². The maximum absolute atomic E-state index is 12.5. The summed E-state index contributed by atoms with van der Waals surface area (Å²) < 4.78 is 0. The molecule has 22 heavy (non-hydrogen) atoms. The lowest BCUT2D eigenvalue weighted by Gasteiger charge is -2.10. The van der Waals surface area contributed by atoms with Crippen LogP contribution in [0.2, 0.25) is 0 Å². The molecule has 0 radical (unpaired) electrons. The van der Waals surface area contributed by atoms with Crippen molar-refractivity contribution in [3.63, 3.8) is 0 Å². The largest absolute Gasteiger partial charge is 0.507 e. The number of amides is 1. The molecule has 0 unspecified atom stereocenters. The van der Waals surface area contributed by atoms with Crippen LogP contribution in [0.4, 0.5) is 5.69 Å². The van der Waals surface area contributed by atoms with Gasteiger partial charge in [0.2, 0.25) is 0 Å². The highest BCUT2D eigenvalue weighted by Crippen LogP contribution is 2.27. The lowest BCUT2D eigenvalue weighted by Crippen LogP contribution is -2.12. The minimum atomic E-state index is -0.338. The van der Waals surface area contributed by atoms with Gasteiger partial charge in [-0.3, -0.25) is 4.79 Å². The predicted octanol–water partition coefficient (Wildman–Crippen LogP) is 3.26. The van der Waals surface area contributed by atoms with Gasteiger partial charge in [0.1, 0.15) is 5.75 Å². The molecule has 0 atom stereocenters. The molecule has 110 valence electrons. The van der Waals surface area contributed by atoms with Crippen LogP contribution < -0.4 is 11.1 Å². The quantitative estimate of drug-likeness (QED) is 0.693. The van der Waals surface area contributed by atoms with Crippen molar-refractivity contribution >= 4 is 22.4 Å². The molecule has 0 aliphatic heterocycles. The van der Waals surface area contributed by atoms with Gasteiger partial charge in [0.05, 0.1) is 5.56 Å². The fourth-order valence-electron chi connectivity index (χ4n) is 2.42. The minimum absolute atomic E-state index is 0.0326. The van der Waals surface area contributed by atoms with E-state index in [1.54, 1.807) is 18.2 Å². The first kappa shape index (κ1) is 14.1. The monoisotopic (exact) mass is 292 g/mol. The number of carbonyl (C=O) groups excluding carboxylic acids is 1. The van der Waals surface area contributed by atoms with Crippen molar-refractivity contribution in [3.05, 3.63) is 71.8 Å². The predicted molar refractivity (Wildman–Crippen MR) is 87.9 cm³/mol. The average Bonchev–Trinajstić information content (AvgIpc) is 2.55. The number of nitrogens with two attached hydrogens (primary N) is 1. The van der Waals surface area contributed by atoms with Crippen LogP contribution in [0, 0.1) is 0 Å². The maximum atomic E-state index is 12.5. The Labute approximate surface area is 128 Å². The maximum Gasteiger partial charge on any atom is 0.260 e. The third-order valence-electron chi connectivity index (χ3n) is 3.58. The molecule has 4 heteroatoms. The first-order valence-electron chi connectivity index (χ1n) is 7.00. The number of phenolic OH excluding ortho intramolecular Hbond substituents is 1. The van der Waals surface area contributed by atoms with E-state index >= 15 is 0 Å². The molecule has 4 nitrogen and oxygen atoms in total. The molecule has 0 fully saturated rings. The number of phenols is 1. The number of hydrogen-bond donors (Lipinski definition) is 3. The molecule has 1 amide bonds. The summed E-state index contributed by atoms with van der Waals surface area (Å²) >= 11 is 0. The van der Waals surface area contributed by atoms with E-state index in [4.69, 9.17) is 5.73 Å². The molecule has 3 aromatic carbocycles. The number of rotatable bonds is 3. The van der Waals surface area contributed by atoms with Crippen LogP contribution in [0.5, 0.6) is 5.75 Å². The minimum Gasteiger partial charge on any atom is -0.507 e. The number of aromatic hydroxyl groups is 1. The van der Waals surface area contributed by atoms with Crippen molar-refractivity contribution in [2.45, 2.75) is 6.54 Å². The van der Waals surface area contributed by atoms with Crippen molar-refractivity contribution in [3.8, 4) is 5.75 Å². The van der Waals surface area contributed by atoms with E-state index in [1.807, 2.05) is 36.4 Å². The second-order valence-corrected chi connectivity index (χ2v) is 5.04. The summed E-state index contributed by atoms with van der Waals surface area (Å²) in [5.41, 5.74) is 7.49. The van der Waals surface area contributed by atoms with Crippen molar-refractivity contribution in [1.82, 2.24) is 0 Å². The van der Waals surface area contributed by atoms with E-state index in [0.717, 1.165) is 16.3 Å². The van der Waals surface area contributed by atoms with Gasteiger partial charge in [-0.15, -0.1) is 0 Å². The van der Waals surface area contributed by atoms with Crippen LogP contribution in [-0.4, -0.2) is 11.0 Å². The number of fused-ring (bicyclic) bond motifs is 1. The fourth-order valence-corrected chi connectivity index (χ4v) is 2.42. The molecular formula is C18H16N2O2. The summed E-state index contributed by atoms with van der Waals surface area (Å²) in [5.74, 6) is -0.371. The van der Waals surface area contributed by atoms with E-state index in [9.17, 15) is 9.90 Å². The van der Waals surface area contributed by atoms with E-state index in [2.05, 4.69) is 5.32 Å². The molecule has 3 aromatic rings. The van der Waals surface area contributed by atoms with Crippen LogP contribution in [0.25, 0.3) is 10.8 Å². The smallest absolute Gasteiger partial charge is 0.260 e. The summed E-state index contributed by atoms with van der Waals surface area (Å²) in [6.45, 7) is 0.457. The molecule has 0 spiro atoms. The first-order valence-corrected chi connectivity index (χ1v) is 7.00. The Kier molecular flexibility index (Phi) is 3.76. The van der Waals surface area contributed by atoms with Gasteiger partial charge in [-0.2, -0.15) is 0 Å². The summed E-state index contributed by atoms with van der Waals surface area (Å²) in [5, 5.41) is 14.5. The Morgan fingerprint density at radius 1 is 1.00 bits per heavy atom. The van der Waals surface area contributed by atoms with Crippen LogP contribution in [0.15, 0.2) is 60.7 Å². The molecule has 4 N–H and O–H groups in total. The van der Waals surface area contributed by atoms with Crippen molar-refractivity contribution in [2.75, 3.05) is 5.32 Å². The number of carbonyl (C=O) groups is 1. The van der Waals surface area contributed by atoms with Gasteiger partial charge in [0.25, 0.3) is 5.91 Å². The second-order valence-electron chi connectivity index (χ2n) is 5.04. The van der Waals surface area contributed by atoms with Gasteiger partial charge >= 0.3 is 0 Å². The van der Waals surface area contributed by atoms with Crippen LogP contribution in [0.3, 0.4) is 0 Å². The average molecular weight is 292 g/mol. The van der Waals surface area contributed by atoms with Crippen molar-refractivity contribution in [2.24, 2.45) is 5.73 Å². The zero-order chi connectivity index (χ0) is 15.5. The highest BCUT2D eigenvalue weighted by atomic mass is 16.3. The Morgan fingerprint density at radius 3 is 2.45 bits per heavy atom. The lowest BCUT2D eigenvalue weighted by molar-refractivity contribution is 0.102. The van der Waals surface area contributed by atoms with E-state index < -0.39 is 0 Å². The highest BCUT2D eigenvalue weighted by molar-refractivity contribution is 6.14. The Hall–Kier alpha value is -2.85. The number of benzene rings is 3. The standard InChI is InChI=1S/C18H16N2O2/c19-11-12-5-8-14(9-6-12)20-18(22)17-15-4-2-1-3-13(15)7-10-16(17)21/h1-10,21H,11,19H2,(H,20,22). The van der Waals surface area contributed by atoms with Crippen molar-refractivity contribution in [1.29, 1.82) is 0 Å². The van der Waals surface area contributed by atoms with Gasteiger partial charge in [-0.1, -0.05) is 42.5 Å². The Balaban J connectivity index is 1.96. The van der Waals surface area contributed by atoms with Gasteiger partial charge < -0.3 is 16.2 Å². The highest BCUT2D eigenvalue weighted by Gasteiger charge is 2.15. The van der Waals surface area contributed by atoms with Gasteiger partial charge in [-0.25, -0.2) is 0 Å². The van der Waals surface area contributed by atoms with E-state index in [1.165, 1.54) is 6.07 Å². The SMILES string of the molecule is NCc1ccc(NC(=O)c2c(O)ccc3ccccc23)cc1. The fraction of sp³-hybridized carbons (Fsp3) is 0.0556. The number of hydrogen-bond acceptors (Lipinski definition) is 3. The van der Waals surface area contributed by atoms with Crippen LogP contribution in [0.1, 0.15) is 15.9 Å². The molecule has 0 aliphatic carbocycles. The molecule has 0 bridgehead atoms. The molecule has 3 rings (SSSR count). The normalized spacial score (nSPS) is 10.6. The Morgan fingerprint density at radius 2 is 1.73 bits per heavy atom. The molecule has 0 saturated heterocycles. The molecular weight excluding hydrogens is 276 g/mol. The zero-order valence-electron chi connectivity index (χ0n) is 11.9. The summed E-state index contributed by atoms with van der Waals surface area (Å²) in [7, 11) is 0. The molecule has 0 saturated carbocycles. The molecule has 0 aliphatic rings. The first-order chi connectivity index (χ1) is 10.7. The third-order valence-corrected chi connectivity index (χ3v) is 3.58. The zero-order valence-corrected chi connectivity index (χ0v) is 11.9. The van der Waals surface area contributed by atoms with E-state index in [-0.39, 0.29) is 17.2 Å². The lowest BCUT2D eigenvalue weighted by atomic mass is 10.0. The summed E-state index contributed by atoms with van der Waals surface area (Å²) in [6, 6.07) is 18.1. The number of anilines is 1. The van der Waals surface area contributed by atoms with Crippen LogP contribution >= 0.6 is 0 Å².